The zero-order chi connectivity index (χ0) is 13.7. The van der Waals surface area contributed by atoms with Crippen molar-refractivity contribution in [3.63, 3.8) is 0 Å². The molecule has 0 spiro atoms. The fourth-order valence-electron chi connectivity index (χ4n) is 2.88. The molecule has 2 rings (SSSR count). The van der Waals surface area contributed by atoms with Gasteiger partial charge in [-0.2, -0.15) is 0 Å². The van der Waals surface area contributed by atoms with Gasteiger partial charge in [-0.3, -0.25) is 4.90 Å². The van der Waals surface area contributed by atoms with Crippen LogP contribution in [-0.4, -0.2) is 45.7 Å². The van der Waals surface area contributed by atoms with E-state index in [4.69, 9.17) is 0 Å². The van der Waals surface area contributed by atoms with Crippen LogP contribution in [0.1, 0.15) is 40.0 Å². The summed E-state index contributed by atoms with van der Waals surface area (Å²) in [4.78, 5) is 6.75. The first-order chi connectivity index (χ1) is 9.12. The minimum Gasteiger partial charge on any atom is -0.337 e. The van der Waals surface area contributed by atoms with Crippen molar-refractivity contribution in [2.75, 3.05) is 19.6 Å². The fourth-order valence-corrected chi connectivity index (χ4v) is 2.88. The third kappa shape index (κ3) is 4.05. The average Bonchev–Trinajstić information content (AvgIpc) is 2.87. The van der Waals surface area contributed by atoms with E-state index in [2.05, 4.69) is 40.5 Å². The SMILES string of the molecule is CCCC1CN(CCCn2ccnc2)C(C)(C)CN1. The highest BCUT2D eigenvalue weighted by Crippen LogP contribution is 2.20. The van der Waals surface area contributed by atoms with Gasteiger partial charge in [-0.1, -0.05) is 13.3 Å². The van der Waals surface area contributed by atoms with Crippen LogP contribution in [0.2, 0.25) is 0 Å². The van der Waals surface area contributed by atoms with Crippen LogP contribution >= 0.6 is 0 Å². The largest absolute Gasteiger partial charge is 0.337 e. The van der Waals surface area contributed by atoms with Crippen LogP contribution in [-0.2, 0) is 6.54 Å². The molecule has 1 aliphatic rings. The summed E-state index contributed by atoms with van der Waals surface area (Å²) in [5, 5.41) is 3.69. The molecule has 1 N–H and O–H groups in total. The molecule has 0 saturated carbocycles. The number of piperazine rings is 1. The Labute approximate surface area is 117 Å². The van der Waals surface area contributed by atoms with Gasteiger partial charge in [0.05, 0.1) is 6.33 Å². The van der Waals surface area contributed by atoms with E-state index in [-0.39, 0.29) is 5.54 Å². The number of aromatic nitrogens is 2. The van der Waals surface area contributed by atoms with Gasteiger partial charge < -0.3 is 9.88 Å². The Hall–Kier alpha value is -0.870. The second-order valence-corrected chi connectivity index (χ2v) is 6.28. The topological polar surface area (TPSA) is 33.1 Å². The molecule has 1 saturated heterocycles. The summed E-state index contributed by atoms with van der Waals surface area (Å²) < 4.78 is 2.17. The molecule has 0 radical (unpaired) electrons. The third-order valence-electron chi connectivity index (χ3n) is 4.16. The van der Waals surface area contributed by atoms with Gasteiger partial charge in [-0.15, -0.1) is 0 Å². The van der Waals surface area contributed by atoms with Gasteiger partial charge in [0, 0.05) is 50.2 Å². The van der Waals surface area contributed by atoms with E-state index in [9.17, 15) is 0 Å². The summed E-state index contributed by atoms with van der Waals surface area (Å²) >= 11 is 0. The molecule has 108 valence electrons. The Kier molecular flexibility index (Phi) is 4.99. The molecular weight excluding hydrogens is 236 g/mol. The van der Waals surface area contributed by atoms with E-state index in [0.717, 1.165) is 13.1 Å². The molecule has 19 heavy (non-hydrogen) atoms. The first kappa shape index (κ1) is 14.5. The number of imidazole rings is 1. The van der Waals surface area contributed by atoms with Crippen LogP contribution in [0.3, 0.4) is 0 Å². The van der Waals surface area contributed by atoms with Crippen LogP contribution < -0.4 is 5.32 Å². The van der Waals surface area contributed by atoms with E-state index in [0.29, 0.717) is 6.04 Å². The second-order valence-electron chi connectivity index (χ2n) is 6.28. The Morgan fingerprint density at radius 2 is 2.21 bits per heavy atom. The van der Waals surface area contributed by atoms with Crippen molar-refractivity contribution < 1.29 is 0 Å². The van der Waals surface area contributed by atoms with Crippen LogP contribution in [0.5, 0.6) is 0 Å². The van der Waals surface area contributed by atoms with Crippen LogP contribution in [0.4, 0.5) is 0 Å². The number of nitrogens with zero attached hydrogens (tertiary/aromatic N) is 3. The van der Waals surface area contributed by atoms with Gasteiger partial charge in [-0.25, -0.2) is 4.98 Å². The van der Waals surface area contributed by atoms with E-state index in [1.54, 1.807) is 0 Å². The quantitative estimate of drug-likeness (QED) is 0.854. The lowest BCUT2D eigenvalue weighted by molar-refractivity contribution is 0.0616. The van der Waals surface area contributed by atoms with Crippen molar-refractivity contribution in [3.8, 4) is 0 Å². The van der Waals surface area contributed by atoms with E-state index in [1.165, 1.54) is 32.4 Å². The molecule has 1 unspecified atom stereocenters. The standard InChI is InChI=1S/C15H28N4/c1-4-6-14-11-19(15(2,3)12-17-14)9-5-8-18-10-7-16-13-18/h7,10,13-14,17H,4-6,8-9,11-12H2,1-3H3. The minimum atomic E-state index is 0.277. The van der Waals surface area contributed by atoms with Crippen LogP contribution in [0.15, 0.2) is 18.7 Å². The Bertz CT molecular complexity index is 358. The molecule has 1 aromatic rings. The predicted octanol–water partition coefficient (Wildman–Crippen LogP) is 2.13. The number of hydrogen-bond donors (Lipinski definition) is 1. The Balaban J connectivity index is 1.81. The third-order valence-corrected chi connectivity index (χ3v) is 4.16. The number of rotatable bonds is 6. The van der Waals surface area contributed by atoms with E-state index >= 15 is 0 Å². The normalized spacial score (nSPS) is 23.6. The van der Waals surface area contributed by atoms with Crippen molar-refractivity contribution in [2.45, 2.75) is 58.2 Å². The Morgan fingerprint density at radius 1 is 1.37 bits per heavy atom. The molecule has 0 aliphatic carbocycles. The van der Waals surface area contributed by atoms with E-state index < -0.39 is 0 Å². The smallest absolute Gasteiger partial charge is 0.0945 e. The summed E-state index contributed by atoms with van der Waals surface area (Å²) in [6, 6.07) is 0.672. The lowest BCUT2D eigenvalue weighted by Gasteiger charge is -2.46. The zero-order valence-corrected chi connectivity index (χ0v) is 12.6. The molecule has 0 bridgehead atoms. The van der Waals surface area contributed by atoms with Gasteiger partial charge in [0.2, 0.25) is 0 Å². The van der Waals surface area contributed by atoms with Crippen LogP contribution in [0, 0.1) is 0 Å². The van der Waals surface area contributed by atoms with Gasteiger partial charge in [0.1, 0.15) is 0 Å². The predicted molar refractivity (Wildman–Crippen MR) is 79.2 cm³/mol. The van der Waals surface area contributed by atoms with Crippen molar-refractivity contribution >= 4 is 0 Å². The molecule has 4 nitrogen and oxygen atoms in total. The zero-order valence-electron chi connectivity index (χ0n) is 12.6. The summed E-state index contributed by atoms with van der Waals surface area (Å²) in [6.45, 7) is 11.5. The molecule has 1 aliphatic heterocycles. The maximum Gasteiger partial charge on any atom is 0.0945 e. The van der Waals surface area contributed by atoms with Gasteiger partial charge in [-0.05, 0) is 26.7 Å². The maximum absolute atomic E-state index is 4.09. The lowest BCUT2D eigenvalue weighted by Crippen LogP contribution is -2.62. The maximum atomic E-state index is 4.09. The molecule has 0 aromatic carbocycles. The summed E-state index contributed by atoms with van der Waals surface area (Å²) in [5.41, 5.74) is 0.277. The molecule has 2 heterocycles. The average molecular weight is 264 g/mol. The number of aryl methyl sites for hydroxylation is 1. The fraction of sp³-hybridized carbons (Fsp3) is 0.800. The highest BCUT2D eigenvalue weighted by Gasteiger charge is 2.32. The van der Waals surface area contributed by atoms with Crippen molar-refractivity contribution in [1.82, 2.24) is 19.8 Å². The molecule has 1 aromatic heterocycles. The lowest BCUT2D eigenvalue weighted by atomic mass is 9.95. The summed E-state index contributed by atoms with van der Waals surface area (Å²) in [6.07, 6.45) is 9.55. The van der Waals surface area contributed by atoms with Gasteiger partial charge >= 0.3 is 0 Å². The van der Waals surface area contributed by atoms with E-state index in [1.807, 2.05) is 18.7 Å². The van der Waals surface area contributed by atoms with Crippen LogP contribution in [0.25, 0.3) is 0 Å². The highest BCUT2D eigenvalue weighted by atomic mass is 15.3. The minimum absolute atomic E-state index is 0.277. The first-order valence-electron chi connectivity index (χ1n) is 7.56. The molecular formula is C15H28N4. The molecule has 1 fully saturated rings. The molecule has 4 heteroatoms. The summed E-state index contributed by atoms with van der Waals surface area (Å²) in [7, 11) is 0. The number of hydrogen-bond acceptors (Lipinski definition) is 3. The van der Waals surface area contributed by atoms with Gasteiger partial charge in [0.15, 0.2) is 0 Å². The molecule has 1 atom stereocenters. The van der Waals surface area contributed by atoms with Crippen molar-refractivity contribution in [3.05, 3.63) is 18.7 Å². The highest BCUT2D eigenvalue weighted by molar-refractivity contribution is 4.92. The van der Waals surface area contributed by atoms with Gasteiger partial charge in [0.25, 0.3) is 0 Å². The molecule has 0 amide bonds. The number of nitrogens with one attached hydrogen (secondary N) is 1. The second kappa shape index (κ2) is 6.53. The van der Waals surface area contributed by atoms with Crippen molar-refractivity contribution in [1.29, 1.82) is 0 Å². The Morgan fingerprint density at radius 3 is 2.89 bits per heavy atom. The first-order valence-corrected chi connectivity index (χ1v) is 7.56. The summed E-state index contributed by atoms with van der Waals surface area (Å²) in [5.74, 6) is 0. The van der Waals surface area contributed by atoms with Crippen molar-refractivity contribution in [2.24, 2.45) is 0 Å². The monoisotopic (exact) mass is 264 g/mol.